The molecular weight excluding hydrogens is 214 g/mol. The molecule has 1 rings (SSSR count). The first kappa shape index (κ1) is 12.4. The van der Waals surface area contributed by atoms with Crippen LogP contribution in [0.25, 0.3) is 0 Å². The lowest BCUT2D eigenvalue weighted by molar-refractivity contribution is -0.136. The standard InChI is InChI=1S/C10H15NO5/c1-10(2,3)16-9(14)11-6-4-7(8(12)13)15-5-6/h4,6H,5H2,1-3H3,(H,11,14)(H,12,13). The fourth-order valence-electron chi connectivity index (χ4n) is 1.13. The van der Waals surface area contributed by atoms with Crippen LogP contribution in [0.2, 0.25) is 0 Å². The summed E-state index contributed by atoms with van der Waals surface area (Å²) in [5, 5.41) is 11.1. The fourth-order valence-corrected chi connectivity index (χ4v) is 1.13. The topological polar surface area (TPSA) is 84.9 Å². The van der Waals surface area contributed by atoms with Crippen molar-refractivity contribution in [1.82, 2.24) is 5.32 Å². The number of hydrogen-bond acceptors (Lipinski definition) is 4. The SMILES string of the molecule is CC(C)(C)OC(=O)NC1C=C(C(=O)O)OC1. The van der Waals surface area contributed by atoms with Gasteiger partial charge in [-0.1, -0.05) is 0 Å². The first-order valence-corrected chi connectivity index (χ1v) is 4.85. The molecule has 0 spiro atoms. The molecule has 0 aliphatic carbocycles. The minimum Gasteiger partial charge on any atom is -0.484 e. The van der Waals surface area contributed by atoms with Crippen molar-refractivity contribution in [3.8, 4) is 0 Å². The Hall–Kier alpha value is -1.72. The molecule has 1 aliphatic heterocycles. The summed E-state index contributed by atoms with van der Waals surface area (Å²) in [6.45, 7) is 5.35. The number of ether oxygens (including phenoxy) is 2. The van der Waals surface area contributed by atoms with Crippen LogP contribution < -0.4 is 5.32 Å². The summed E-state index contributed by atoms with van der Waals surface area (Å²) in [5.41, 5.74) is -0.580. The molecule has 0 fully saturated rings. The van der Waals surface area contributed by atoms with Crippen LogP contribution in [0.1, 0.15) is 20.8 Å². The van der Waals surface area contributed by atoms with Crippen molar-refractivity contribution in [3.63, 3.8) is 0 Å². The van der Waals surface area contributed by atoms with Gasteiger partial charge in [-0.15, -0.1) is 0 Å². The normalized spacial score (nSPS) is 19.7. The van der Waals surface area contributed by atoms with Crippen LogP contribution >= 0.6 is 0 Å². The van der Waals surface area contributed by atoms with Gasteiger partial charge in [0.1, 0.15) is 12.2 Å². The van der Waals surface area contributed by atoms with Gasteiger partial charge in [0.2, 0.25) is 5.76 Å². The van der Waals surface area contributed by atoms with Crippen LogP contribution in [0.4, 0.5) is 4.79 Å². The summed E-state index contributed by atoms with van der Waals surface area (Å²) >= 11 is 0. The molecule has 90 valence electrons. The van der Waals surface area contributed by atoms with Crippen molar-refractivity contribution in [2.75, 3.05) is 6.61 Å². The number of carbonyl (C=O) groups excluding carboxylic acids is 1. The van der Waals surface area contributed by atoms with E-state index in [4.69, 9.17) is 14.6 Å². The van der Waals surface area contributed by atoms with E-state index in [0.29, 0.717) is 0 Å². The maximum Gasteiger partial charge on any atom is 0.408 e. The third kappa shape index (κ3) is 3.80. The van der Waals surface area contributed by atoms with Gasteiger partial charge in [-0.3, -0.25) is 0 Å². The van der Waals surface area contributed by atoms with Crippen LogP contribution in [0.5, 0.6) is 0 Å². The molecule has 6 nitrogen and oxygen atoms in total. The minimum absolute atomic E-state index is 0.112. The van der Waals surface area contributed by atoms with Gasteiger partial charge in [0.25, 0.3) is 0 Å². The number of hydrogen-bond donors (Lipinski definition) is 2. The highest BCUT2D eigenvalue weighted by Crippen LogP contribution is 2.11. The van der Waals surface area contributed by atoms with Gasteiger partial charge < -0.3 is 19.9 Å². The van der Waals surface area contributed by atoms with E-state index in [0.717, 1.165) is 0 Å². The van der Waals surface area contributed by atoms with Gasteiger partial charge in [0, 0.05) is 0 Å². The first-order chi connectivity index (χ1) is 7.28. The Morgan fingerprint density at radius 1 is 1.56 bits per heavy atom. The van der Waals surface area contributed by atoms with Gasteiger partial charge in [-0.2, -0.15) is 0 Å². The number of carboxylic acid groups (broad SMARTS) is 1. The summed E-state index contributed by atoms with van der Waals surface area (Å²) in [4.78, 5) is 21.9. The highest BCUT2D eigenvalue weighted by Gasteiger charge is 2.25. The molecule has 0 aromatic rings. The molecule has 1 amide bonds. The first-order valence-electron chi connectivity index (χ1n) is 4.85. The second-order valence-corrected chi connectivity index (χ2v) is 4.40. The van der Waals surface area contributed by atoms with E-state index in [-0.39, 0.29) is 12.4 Å². The lowest BCUT2D eigenvalue weighted by Crippen LogP contribution is -2.38. The number of nitrogens with one attached hydrogen (secondary N) is 1. The summed E-state index contributed by atoms with van der Waals surface area (Å²) in [6, 6.07) is -0.457. The third-order valence-electron chi connectivity index (χ3n) is 1.68. The van der Waals surface area contributed by atoms with Crippen molar-refractivity contribution in [3.05, 3.63) is 11.8 Å². The van der Waals surface area contributed by atoms with Gasteiger partial charge in [-0.25, -0.2) is 9.59 Å². The Kier molecular flexibility index (Phi) is 3.41. The molecule has 6 heteroatoms. The zero-order valence-corrected chi connectivity index (χ0v) is 9.44. The van der Waals surface area contributed by atoms with Crippen LogP contribution in [-0.2, 0) is 14.3 Å². The van der Waals surface area contributed by atoms with Gasteiger partial charge in [-0.05, 0) is 26.8 Å². The quantitative estimate of drug-likeness (QED) is 0.734. The van der Waals surface area contributed by atoms with Gasteiger partial charge in [0.05, 0.1) is 6.04 Å². The average Bonchev–Trinajstić information content (AvgIpc) is 2.48. The average molecular weight is 229 g/mol. The smallest absolute Gasteiger partial charge is 0.408 e. The molecular formula is C10H15NO5. The lowest BCUT2D eigenvalue weighted by atomic mass is 10.2. The number of carboxylic acids is 1. The largest absolute Gasteiger partial charge is 0.484 e. The number of aliphatic carboxylic acids is 1. The Bertz CT molecular complexity index is 329. The number of carbonyl (C=O) groups is 2. The van der Waals surface area contributed by atoms with E-state index in [2.05, 4.69) is 5.32 Å². The molecule has 1 aliphatic rings. The summed E-state index contributed by atoms with van der Waals surface area (Å²) < 4.78 is 9.86. The molecule has 0 radical (unpaired) electrons. The van der Waals surface area contributed by atoms with Crippen LogP contribution in [0.15, 0.2) is 11.8 Å². The predicted octanol–water partition coefficient (Wildman–Crippen LogP) is 0.878. The second-order valence-electron chi connectivity index (χ2n) is 4.40. The molecule has 1 heterocycles. The van der Waals surface area contributed by atoms with Gasteiger partial charge in [0.15, 0.2) is 0 Å². The molecule has 0 aromatic heterocycles. The van der Waals surface area contributed by atoms with Crippen LogP contribution in [-0.4, -0.2) is 35.4 Å². The van der Waals surface area contributed by atoms with Crippen molar-refractivity contribution in [1.29, 1.82) is 0 Å². The number of alkyl carbamates (subject to hydrolysis) is 1. The Labute approximate surface area is 93.2 Å². The van der Waals surface area contributed by atoms with Crippen molar-refractivity contribution in [2.45, 2.75) is 32.4 Å². The molecule has 16 heavy (non-hydrogen) atoms. The summed E-state index contributed by atoms with van der Waals surface area (Å²) in [6.07, 6.45) is 0.746. The van der Waals surface area contributed by atoms with Crippen molar-refractivity contribution >= 4 is 12.1 Å². The molecule has 1 unspecified atom stereocenters. The van der Waals surface area contributed by atoms with Crippen molar-refractivity contribution < 1.29 is 24.2 Å². The van der Waals surface area contributed by atoms with E-state index < -0.39 is 23.7 Å². The molecule has 0 aromatic carbocycles. The Morgan fingerprint density at radius 3 is 2.62 bits per heavy atom. The number of amides is 1. The monoisotopic (exact) mass is 229 g/mol. The predicted molar refractivity (Wildman–Crippen MR) is 54.8 cm³/mol. The summed E-state index contributed by atoms with van der Waals surface area (Å²) in [5.74, 6) is -1.30. The van der Waals surface area contributed by atoms with E-state index >= 15 is 0 Å². The lowest BCUT2D eigenvalue weighted by Gasteiger charge is -2.20. The zero-order chi connectivity index (χ0) is 12.3. The maximum absolute atomic E-state index is 11.3. The third-order valence-corrected chi connectivity index (χ3v) is 1.68. The highest BCUT2D eigenvalue weighted by atomic mass is 16.6. The van der Waals surface area contributed by atoms with Gasteiger partial charge >= 0.3 is 12.1 Å². The highest BCUT2D eigenvalue weighted by molar-refractivity contribution is 5.85. The molecule has 0 saturated heterocycles. The molecule has 2 N–H and O–H groups in total. The fraction of sp³-hybridized carbons (Fsp3) is 0.600. The zero-order valence-electron chi connectivity index (χ0n) is 9.44. The summed E-state index contributed by atoms with van der Waals surface area (Å²) in [7, 11) is 0. The van der Waals surface area contributed by atoms with E-state index in [9.17, 15) is 9.59 Å². The Morgan fingerprint density at radius 2 is 2.19 bits per heavy atom. The van der Waals surface area contributed by atoms with E-state index in [1.54, 1.807) is 20.8 Å². The van der Waals surface area contributed by atoms with E-state index in [1.807, 2.05) is 0 Å². The molecule has 1 atom stereocenters. The van der Waals surface area contributed by atoms with E-state index in [1.165, 1.54) is 6.08 Å². The van der Waals surface area contributed by atoms with Crippen LogP contribution in [0, 0.1) is 0 Å². The molecule has 0 bridgehead atoms. The molecule has 0 saturated carbocycles. The van der Waals surface area contributed by atoms with Crippen LogP contribution in [0.3, 0.4) is 0 Å². The minimum atomic E-state index is -1.14. The Balaban J connectivity index is 2.45. The maximum atomic E-state index is 11.3. The van der Waals surface area contributed by atoms with Crippen molar-refractivity contribution in [2.24, 2.45) is 0 Å². The second kappa shape index (κ2) is 4.42. The number of rotatable bonds is 2.